The summed E-state index contributed by atoms with van der Waals surface area (Å²) in [6, 6.07) is 86.2. The van der Waals surface area contributed by atoms with E-state index < -0.39 is 0 Å². The molecular weight excluding hydrogens is 711 g/mol. The van der Waals surface area contributed by atoms with E-state index in [9.17, 15) is 0 Å². The van der Waals surface area contributed by atoms with Crippen LogP contribution in [0.25, 0.3) is 87.6 Å². The van der Waals surface area contributed by atoms with E-state index in [4.69, 9.17) is 0 Å². The van der Waals surface area contributed by atoms with Crippen molar-refractivity contribution >= 4 is 60.2 Å². The zero-order chi connectivity index (χ0) is 39.1. The van der Waals surface area contributed by atoms with Crippen LogP contribution in [0, 0.1) is 0 Å². The highest BCUT2D eigenvalue weighted by molar-refractivity contribution is 6.22. The van der Waals surface area contributed by atoms with Crippen molar-refractivity contribution in [1.82, 2.24) is 0 Å². The van der Waals surface area contributed by atoms with Gasteiger partial charge >= 0.3 is 0 Å². The van der Waals surface area contributed by atoms with Crippen LogP contribution < -0.4 is 4.90 Å². The van der Waals surface area contributed by atoms with Gasteiger partial charge in [-0.1, -0.05) is 206 Å². The Hall–Kier alpha value is -7.74. The third-order valence-corrected chi connectivity index (χ3v) is 11.8. The molecule has 1 heteroatoms. The summed E-state index contributed by atoms with van der Waals surface area (Å²) in [4.78, 5) is 2.43. The number of rotatable bonds is 7. The number of anilines is 3. The first-order valence-electron chi connectivity index (χ1n) is 20.3. The minimum absolute atomic E-state index is 1.10. The van der Waals surface area contributed by atoms with Crippen molar-refractivity contribution in [3.63, 3.8) is 0 Å². The molecule has 0 aliphatic heterocycles. The van der Waals surface area contributed by atoms with Crippen LogP contribution in [0.2, 0.25) is 0 Å². The molecule has 0 amide bonds. The summed E-state index contributed by atoms with van der Waals surface area (Å²) < 4.78 is 0. The maximum Gasteiger partial charge on any atom is 0.0540 e. The van der Waals surface area contributed by atoms with Gasteiger partial charge in [0, 0.05) is 16.8 Å². The molecule has 0 aliphatic carbocycles. The summed E-state index contributed by atoms with van der Waals surface area (Å²) in [7, 11) is 0. The Kier molecular flexibility index (Phi) is 8.56. The van der Waals surface area contributed by atoms with E-state index in [1.165, 1.54) is 87.6 Å². The van der Waals surface area contributed by atoms with E-state index in [1.54, 1.807) is 0 Å². The van der Waals surface area contributed by atoms with Gasteiger partial charge in [0.25, 0.3) is 0 Å². The fraction of sp³-hybridized carbons (Fsp3) is 0. The first-order valence-corrected chi connectivity index (χ1v) is 20.3. The molecule has 0 saturated heterocycles. The Morgan fingerprint density at radius 1 is 0.237 bits per heavy atom. The van der Waals surface area contributed by atoms with Crippen LogP contribution in [0.15, 0.2) is 237 Å². The third-order valence-electron chi connectivity index (χ3n) is 11.8. The van der Waals surface area contributed by atoms with Gasteiger partial charge < -0.3 is 4.90 Å². The van der Waals surface area contributed by atoms with E-state index in [1.807, 2.05) is 0 Å². The molecule has 11 rings (SSSR count). The van der Waals surface area contributed by atoms with Crippen LogP contribution in [0.3, 0.4) is 0 Å². The molecule has 1 nitrogen and oxygen atoms in total. The van der Waals surface area contributed by atoms with Gasteiger partial charge in [-0.25, -0.2) is 0 Å². The molecule has 0 fully saturated rings. The summed E-state index contributed by atoms with van der Waals surface area (Å²) in [5, 5.41) is 9.91. The molecule has 276 valence electrons. The number of hydrogen-bond donors (Lipinski definition) is 0. The topological polar surface area (TPSA) is 3.24 Å². The van der Waals surface area contributed by atoms with Gasteiger partial charge in [0.05, 0.1) is 5.69 Å². The van der Waals surface area contributed by atoms with Crippen LogP contribution in [0.5, 0.6) is 0 Å². The summed E-state index contributed by atoms with van der Waals surface area (Å²) in [5.74, 6) is 0. The van der Waals surface area contributed by atoms with Gasteiger partial charge in [-0.3, -0.25) is 0 Å². The molecule has 0 unspecified atom stereocenters. The lowest BCUT2D eigenvalue weighted by Crippen LogP contribution is -2.10. The molecule has 0 N–H and O–H groups in total. The van der Waals surface area contributed by atoms with Gasteiger partial charge in [-0.2, -0.15) is 0 Å². The molecule has 0 spiro atoms. The number of hydrogen-bond acceptors (Lipinski definition) is 1. The van der Waals surface area contributed by atoms with Crippen LogP contribution in [-0.2, 0) is 0 Å². The quantitative estimate of drug-likeness (QED) is 0.147. The molecule has 0 aliphatic rings. The van der Waals surface area contributed by atoms with E-state index in [0.717, 1.165) is 17.1 Å². The van der Waals surface area contributed by atoms with Crippen LogP contribution in [0.1, 0.15) is 0 Å². The fourth-order valence-electron chi connectivity index (χ4n) is 9.08. The second-order valence-electron chi connectivity index (χ2n) is 15.2. The van der Waals surface area contributed by atoms with Crippen LogP contribution in [0.4, 0.5) is 17.1 Å². The van der Waals surface area contributed by atoms with Crippen molar-refractivity contribution in [1.29, 1.82) is 0 Å². The molecule has 11 aromatic rings. The smallest absolute Gasteiger partial charge is 0.0540 e. The highest BCUT2D eigenvalue weighted by Gasteiger charge is 2.21. The molecular formula is C58H39N. The lowest BCUT2D eigenvalue weighted by atomic mass is 9.85. The van der Waals surface area contributed by atoms with Gasteiger partial charge in [-0.05, 0) is 113 Å². The molecule has 0 aromatic heterocycles. The predicted octanol–water partition coefficient (Wildman–Crippen LogP) is 16.4. The normalized spacial score (nSPS) is 11.4. The minimum Gasteiger partial charge on any atom is -0.310 e. The lowest BCUT2D eigenvalue weighted by Gasteiger charge is -2.28. The zero-order valence-electron chi connectivity index (χ0n) is 32.5. The van der Waals surface area contributed by atoms with Crippen LogP contribution >= 0.6 is 0 Å². The summed E-state index contributed by atoms with van der Waals surface area (Å²) in [6.07, 6.45) is 0. The number of fused-ring (bicyclic) bond motifs is 5. The number of nitrogens with zero attached hydrogens (tertiary/aromatic N) is 1. The highest BCUT2D eigenvalue weighted by atomic mass is 15.1. The monoisotopic (exact) mass is 749 g/mol. The standard InChI is InChI=1S/C58H39N/c1-3-17-45(18-4-1)57-54-26-12-11-25-52(54)53-38-37-48(39-55(53)58(57)46-19-5-2-6-20-46)59(56-28-14-22-43-16-8-10-24-51(43)56)47-35-33-41(34-36-47)40-29-31-44(32-30-40)50-27-13-21-42-15-7-9-23-49(42)50/h1-39H. The largest absolute Gasteiger partial charge is 0.310 e. The van der Waals surface area contributed by atoms with Gasteiger partial charge in [-0.15, -0.1) is 0 Å². The van der Waals surface area contributed by atoms with Crippen molar-refractivity contribution in [3.8, 4) is 44.5 Å². The van der Waals surface area contributed by atoms with E-state index >= 15 is 0 Å². The average Bonchev–Trinajstić information content (AvgIpc) is 3.32. The second kappa shape index (κ2) is 14.6. The van der Waals surface area contributed by atoms with Crippen molar-refractivity contribution in [2.45, 2.75) is 0 Å². The van der Waals surface area contributed by atoms with Crippen molar-refractivity contribution in [2.75, 3.05) is 4.90 Å². The van der Waals surface area contributed by atoms with E-state index in [2.05, 4.69) is 241 Å². The lowest BCUT2D eigenvalue weighted by molar-refractivity contribution is 1.30. The summed E-state index contributed by atoms with van der Waals surface area (Å²) in [5.41, 5.74) is 13.1. The maximum atomic E-state index is 2.43. The molecule has 0 saturated carbocycles. The van der Waals surface area contributed by atoms with Crippen molar-refractivity contribution in [2.24, 2.45) is 0 Å². The fourth-order valence-corrected chi connectivity index (χ4v) is 9.08. The van der Waals surface area contributed by atoms with Gasteiger partial charge in [0.1, 0.15) is 0 Å². The SMILES string of the molecule is c1ccc(-c2c(-c3ccccc3)c3cc(N(c4ccc(-c5ccc(-c6cccc7ccccc67)cc5)cc4)c4cccc5ccccc45)ccc3c3ccccc23)cc1. The Morgan fingerprint density at radius 3 is 1.37 bits per heavy atom. The van der Waals surface area contributed by atoms with E-state index in [-0.39, 0.29) is 0 Å². The van der Waals surface area contributed by atoms with Crippen molar-refractivity contribution in [3.05, 3.63) is 237 Å². The molecule has 0 atom stereocenters. The maximum absolute atomic E-state index is 2.43. The Labute approximate surface area is 344 Å². The average molecular weight is 750 g/mol. The molecule has 0 bridgehead atoms. The summed E-state index contributed by atoms with van der Waals surface area (Å²) in [6.45, 7) is 0. The molecule has 11 aromatic carbocycles. The third kappa shape index (κ3) is 6.12. The van der Waals surface area contributed by atoms with Gasteiger partial charge in [0.2, 0.25) is 0 Å². The first-order chi connectivity index (χ1) is 29.3. The molecule has 0 heterocycles. The Balaban J connectivity index is 1.09. The van der Waals surface area contributed by atoms with Crippen LogP contribution in [-0.4, -0.2) is 0 Å². The number of benzene rings is 11. The Morgan fingerprint density at radius 2 is 0.695 bits per heavy atom. The second-order valence-corrected chi connectivity index (χ2v) is 15.2. The highest BCUT2D eigenvalue weighted by Crippen LogP contribution is 2.47. The van der Waals surface area contributed by atoms with Crippen molar-refractivity contribution < 1.29 is 0 Å². The first kappa shape index (κ1) is 34.5. The minimum atomic E-state index is 1.10. The zero-order valence-corrected chi connectivity index (χ0v) is 32.5. The van der Waals surface area contributed by atoms with E-state index in [0.29, 0.717) is 0 Å². The summed E-state index contributed by atoms with van der Waals surface area (Å²) >= 11 is 0. The molecule has 59 heavy (non-hydrogen) atoms. The Bertz CT molecular complexity index is 3280. The predicted molar refractivity (Wildman–Crippen MR) is 253 cm³/mol. The van der Waals surface area contributed by atoms with Gasteiger partial charge in [0.15, 0.2) is 0 Å². The molecule has 0 radical (unpaired) electrons.